The molecule has 2 aromatic rings. The number of benzene rings is 1. The molecule has 1 aromatic heterocycles. The maximum Gasteiger partial charge on any atom is 0.0780 e. The monoisotopic (exact) mass is 337 g/mol. The van der Waals surface area contributed by atoms with Gasteiger partial charge in [-0.1, -0.05) is 41.5 Å². The molecule has 0 amide bonds. The van der Waals surface area contributed by atoms with Crippen LogP contribution in [0.15, 0.2) is 47.4 Å². The lowest BCUT2D eigenvalue weighted by Crippen LogP contribution is -2.26. The van der Waals surface area contributed by atoms with Gasteiger partial charge in [-0.3, -0.25) is 9.99 Å². The first-order chi connectivity index (χ1) is 11.8. The van der Waals surface area contributed by atoms with Gasteiger partial charge in [0.2, 0.25) is 0 Å². The van der Waals surface area contributed by atoms with E-state index in [1.54, 1.807) is 5.01 Å². The molecule has 0 unspecified atom stereocenters. The minimum atomic E-state index is 0.654. The summed E-state index contributed by atoms with van der Waals surface area (Å²) in [4.78, 5) is 15.4. The second-order valence-corrected chi connectivity index (χ2v) is 6.46. The average Bonchev–Trinajstić information content (AvgIpc) is 2.78. The molecule has 0 saturated carbocycles. The van der Waals surface area contributed by atoms with Gasteiger partial charge >= 0.3 is 0 Å². The van der Waals surface area contributed by atoms with E-state index in [1.165, 1.54) is 11.1 Å². The third kappa shape index (κ3) is 2.63. The van der Waals surface area contributed by atoms with Crippen LogP contribution in [0.1, 0.15) is 35.2 Å². The average molecular weight is 338 g/mol. The van der Waals surface area contributed by atoms with Gasteiger partial charge in [0.1, 0.15) is 0 Å². The number of fused-ring (bicyclic) bond motifs is 2. The predicted octanol–water partition coefficient (Wildman–Crippen LogP) is 4.80. The normalized spacial score (nSPS) is 16.5. The molecule has 1 aliphatic heterocycles. The third-order valence-electron chi connectivity index (χ3n) is 4.61. The molecule has 24 heavy (non-hydrogen) atoms. The fourth-order valence-electron chi connectivity index (χ4n) is 3.42. The van der Waals surface area contributed by atoms with E-state index in [2.05, 4.69) is 34.6 Å². The van der Waals surface area contributed by atoms with Crippen molar-refractivity contribution in [2.45, 2.75) is 12.8 Å². The lowest BCUT2D eigenvalue weighted by molar-refractivity contribution is 0.266. The highest BCUT2D eigenvalue weighted by atomic mass is 35.5. The molecule has 0 atom stereocenters. The van der Waals surface area contributed by atoms with E-state index in [-0.39, 0.29) is 0 Å². The smallest absolute Gasteiger partial charge is 0.0780 e. The van der Waals surface area contributed by atoms with Crippen molar-refractivity contribution in [1.82, 2.24) is 9.99 Å². The van der Waals surface area contributed by atoms with Gasteiger partial charge in [0.05, 0.1) is 11.0 Å². The molecule has 1 aliphatic carbocycles. The van der Waals surface area contributed by atoms with E-state index in [4.69, 9.17) is 11.6 Å². The summed E-state index contributed by atoms with van der Waals surface area (Å²) in [6.07, 6.45) is 7.65. The maximum atomic E-state index is 10.8. The molecule has 1 fully saturated rings. The molecular weight excluding hydrogens is 322 g/mol. The van der Waals surface area contributed by atoms with Crippen molar-refractivity contribution in [1.29, 1.82) is 0 Å². The molecule has 0 radical (unpaired) electrons. The largest absolute Gasteiger partial charge is 0.260 e. The first-order valence-corrected chi connectivity index (χ1v) is 8.37. The molecule has 5 heteroatoms. The van der Waals surface area contributed by atoms with E-state index >= 15 is 0 Å². The van der Waals surface area contributed by atoms with Gasteiger partial charge in [-0.2, -0.15) is 0 Å². The number of piperidine rings is 1. The van der Waals surface area contributed by atoms with Crippen LogP contribution in [0.4, 0.5) is 0 Å². The van der Waals surface area contributed by atoms with Gasteiger partial charge in [-0.05, 0) is 42.2 Å². The van der Waals surface area contributed by atoms with Crippen molar-refractivity contribution in [3.8, 4) is 0 Å². The Morgan fingerprint density at radius 1 is 1.08 bits per heavy atom. The molecule has 0 N–H and O–H groups in total. The zero-order chi connectivity index (χ0) is 16.5. The highest BCUT2D eigenvalue weighted by molar-refractivity contribution is 6.30. The molecule has 4 rings (SSSR count). The van der Waals surface area contributed by atoms with Crippen molar-refractivity contribution in [3.05, 3.63) is 74.4 Å². The van der Waals surface area contributed by atoms with Gasteiger partial charge in [0.15, 0.2) is 0 Å². The Kier molecular flexibility index (Phi) is 3.90. The van der Waals surface area contributed by atoms with Crippen LogP contribution in [0.3, 0.4) is 0 Å². The van der Waals surface area contributed by atoms with Gasteiger partial charge in [0, 0.05) is 35.4 Å². The Morgan fingerprint density at radius 3 is 2.67 bits per heavy atom. The zero-order valence-corrected chi connectivity index (χ0v) is 13.8. The van der Waals surface area contributed by atoms with Crippen LogP contribution < -0.4 is 0 Å². The Labute approximate surface area is 145 Å². The van der Waals surface area contributed by atoms with Gasteiger partial charge < -0.3 is 0 Å². The number of aromatic nitrogens is 1. The maximum absolute atomic E-state index is 10.8. The first-order valence-electron chi connectivity index (χ1n) is 8.00. The third-order valence-corrected chi connectivity index (χ3v) is 4.85. The summed E-state index contributed by atoms with van der Waals surface area (Å²) in [6.45, 7) is 1.31. The van der Waals surface area contributed by atoms with Gasteiger partial charge in [-0.25, -0.2) is 0 Å². The molecule has 2 aliphatic rings. The van der Waals surface area contributed by atoms with Crippen LogP contribution in [0.2, 0.25) is 5.02 Å². The van der Waals surface area contributed by atoms with Gasteiger partial charge in [0.25, 0.3) is 0 Å². The predicted molar refractivity (Wildman–Crippen MR) is 97.2 cm³/mol. The number of rotatable bonds is 1. The molecule has 120 valence electrons. The van der Waals surface area contributed by atoms with Crippen molar-refractivity contribution >= 4 is 29.3 Å². The highest BCUT2D eigenvalue weighted by Crippen LogP contribution is 2.38. The van der Waals surface area contributed by atoms with Crippen molar-refractivity contribution in [3.63, 3.8) is 0 Å². The second kappa shape index (κ2) is 6.21. The molecule has 4 nitrogen and oxygen atoms in total. The van der Waals surface area contributed by atoms with Crippen LogP contribution in [0.5, 0.6) is 0 Å². The number of hydrogen-bond donors (Lipinski definition) is 0. The summed E-state index contributed by atoms with van der Waals surface area (Å²) in [5.41, 5.74) is 6.84. The summed E-state index contributed by atoms with van der Waals surface area (Å²) in [5, 5.41) is 5.37. The SMILES string of the molecule is O=NN1CCC(=C2c3ccc(Cl)cc3C=Cc3cccnc32)CC1. The number of nitrogens with zero attached hydrogens (tertiary/aromatic N) is 3. The zero-order valence-electron chi connectivity index (χ0n) is 13.1. The van der Waals surface area contributed by atoms with Crippen LogP contribution in [-0.2, 0) is 0 Å². The number of pyridine rings is 1. The summed E-state index contributed by atoms with van der Waals surface area (Å²) >= 11 is 6.19. The lowest BCUT2D eigenvalue weighted by Gasteiger charge is -2.26. The number of halogens is 1. The molecule has 0 bridgehead atoms. The fraction of sp³-hybridized carbons (Fsp3) is 0.211. The first kappa shape index (κ1) is 15.1. The van der Waals surface area contributed by atoms with Crippen molar-refractivity contribution in [2.24, 2.45) is 5.29 Å². The van der Waals surface area contributed by atoms with E-state index in [9.17, 15) is 4.91 Å². The van der Waals surface area contributed by atoms with E-state index in [0.717, 1.165) is 40.2 Å². The fourth-order valence-corrected chi connectivity index (χ4v) is 3.60. The topological polar surface area (TPSA) is 45.6 Å². The van der Waals surface area contributed by atoms with E-state index in [0.29, 0.717) is 13.1 Å². The number of hydrogen-bond acceptors (Lipinski definition) is 3. The Bertz CT molecular complexity index is 863. The van der Waals surface area contributed by atoms with E-state index in [1.807, 2.05) is 24.4 Å². The van der Waals surface area contributed by atoms with Crippen LogP contribution in [0.25, 0.3) is 17.7 Å². The lowest BCUT2D eigenvalue weighted by atomic mass is 9.88. The summed E-state index contributed by atoms with van der Waals surface area (Å²) in [6, 6.07) is 10.0. The minimum absolute atomic E-state index is 0.654. The quantitative estimate of drug-likeness (QED) is 0.599. The second-order valence-electron chi connectivity index (χ2n) is 6.02. The highest BCUT2D eigenvalue weighted by Gasteiger charge is 2.23. The standard InChI is InChI=1S/C19H16ClN3O/c20-16-5-6-17-15(12-16)4-3-14-2-1-9-21-19(14)18(17)13-7-10-23(22-24)11-8-13/h1-6,9,12H,7-8,10-11H2. The summed E-state index contributed by atoms with van der Waals surface area (Å²) in [7, 11) is 0. The number of nitroso groups, excluding NO2 is 1. The minimum Gasteiger partial charge on any atom is -0.260 e. The Hall–Kier alpha value is -2.46. The molecule has 1 saturated heterocycles. The molecule has 0 spiro atoms. The summed E-state index contributed by atoms with van der Waals surface area (Å²) in [5.74, 6) is 0. The Balaban J connectivity index is 1.92. The Morgan fingerprint density at radius 2 is 1.88 bits per heavy atom. The molecule has 1 aromatic carbocycles. The summed E-state index contributed by atoms with van der Waals surface area (Å²) < 4.78 is 0. The molecular formula is C19H16ClN3O. The van der Waals surface area contributed by atoms with E-state index < -0.39 is 0 Å². The van der Waals surface area contributed by atoms with Crippen molar-refractivity contribution in [2.75, 3.05) is 13.1 Å². The van der Waals surface area contributed by atoms with Crippen molar-refractivity contribution < 1.29 is 0 Å². The molecule has 2 heterocycles. The van der Waals surface area contributed by atoms with Crippen LogP contribution in [-0.4, -0.2) is 23.1 Å². The van der Waals surface area contributed by atoms with Gasteiger partial charge in [-0.15, -0.1) is 4.91 Å². The van der Waals surface area contributed by atoms with Crippen LogP contribution in [0, 0.1) is 4.91 Å². The van der Waals surface area contributed by atoms with Crippen LogP contribution >= 0.6 is 11.6 Å².